The van der Waals surface area contributed by atoms with E-state index in [1.54, 1.807) is 0 Å². The van der Waals surface area contributed by atoms with E-state index in [2.05, 4.69) is 20.6 Å². The Morgan fingerprint density at radius 3 is 2.83 bits per heavy atom. The molecular weight excluding hydrogens is 302 g/mol. The lowest BCUT2D eigenvalue weighted by Crippen LogP contribution is -2.18. The Labute approximate surface area is 141 Å². The molecule has 0 saturated heterocycles. The van der Waals surface area contributed by atoms with Crippen molar-refractivity contribution < 1.29 is 4.74 Å². The van der Waals surface area contributed by atoms with Crippen LogP contribution in [0.5, 0.6) is 5.75 Å². The zero-order chi connectivity index (χ0) is 16.5. The minimum Gasteiger partial charge on any atom is -0.437 e. The standard InChI is InChI=1S/C18H21N5O/c1-11-10-14(23-18(20-11)21-12-6-2-3-7-12)16(19)17-22-13-8-4-5-9-15(13)24-17/h4-5,8-10,12,22H,2-3,6-7,19H2,1H3,(H,20,21,23)/b17-16+. The maximum absolute atomic E-state index is 6.30. The highest BCUT2D eigenvalue weighted by Gasteiger charge is 2.21. The Bertz CT molecular complexity index is 769. The van der Waals surface area contributed by atoms with Crippen LogP contribution in [0.1, 0.15) is 37.1 Å². The summed E-state index contributed by atoms with van der Waals surface area (Å²) in [5.74, 6) is 1.92. The summed E-state index contributed by atoms with van der Waals surface area (Å²) in [6.45, 7) is 1.95. The van der Waals surface area contributed by atoms with Crippen LogP contribution in [0.15, 0.2) is 36.2 Å². The van der Waals surface area contributed by atoms with E-state index >= 15 is 0 Å². The van der Waals surface area contributed by atoms with Gasteiger partial charge in [-0.25, -0.2) is 9.97 Å². The van der Waals surface area contributed by atoms with Crippen molar-refractivity contribution in [3.63, 3.8) is 0 Å². The third kappa shape index (κ3) is 2.87. The first-order valence-corrected chi connectivity index (χ1v) is 8.35. The molecule has 1 aromatic carbocycles. The number of rotatable bonds is 3. The van der Waals surface area contributed by atoms with E-state index in [0.29, 0.717) is 29.3 Å². The van der Waals surface area contributed by atoms with Crippen molar-refractivity contribution in [3.8, 4) is 5.75 Å². The molecule has 0 atom stereocenters. The fourth-order valence-electron chi connectivity index (χ4n) is 3.18. The molecule has 4 rings (SSSR count). The van der Waals surface area contributed by atoms with E-state index in [0.717, 1.165) is 17.1 Å². The van der Waals surface area contributed by atoms with Gasteiger partial charge in [-0.05, 0) is 38.0 Å². The molecule has 124 valence electrons. The van der Waals surface area contributed by atoms with Gasteiger partial charge in [-0.1, -0.05) is 25.0 Å². The Morgan fingerprint density at radius 1 is 1.25 bits per heavy atom. The van der Waals surface area contributed by atoms with Gasteiger partial charge in [0.25, 0.3) is 0 Å². The number of hydrogen-bond acceptors (Lipinski definition) is 6. The van der Waals surface area contributed by atoms with Gasteiger partial charge in [-0.15, -0.1) is 0 Å². The Morgan fingerprint density at radius 2 is 2.04 bits per heavy atom. The van der Waals surface area contributed by atoms with Crippen molar-refractivity contribution in [2.45, 2.75) is 38.6 Å². The first-order valence-electron chi connectivity index (χ1n) is 8.35. The number of aryl methyl sites for hydroxylation is 1. The molecule has 0 spiro atoms. The van der Waals surface area contributed by atoms with Crippen LogP contribution in [0.2, 0.25) is 0 Å². The van der Waals surface area contributed by atoms with Crippen molar-refractivity contribution in [3.05, 3.63) is 47.6 Å². The van der Waals surface area contributed by atoms with Gasteiger partial charge < -0.3 is 21.1 Å². The average molecular weight is 323 g/mol. The fourth-order valence-corrected chi connectivity index (χ4v) is 3.18. The number of fused-ring (bicyclic) bond motifs is 1. The zero-order valence-corrected chi connectivity index (χ0v) is 13.7. The highest BCUT2D eigenvalue weighted by atomic mass is 16.5. The summed E-state index contributed by atoms with van der Waals surface area (Å²) in [5, 5.41) is 6.62. The molecule has 0 radical (unpaired) electrons. The monoisotopic (exact) mass is 323 g/mol. The second-order valence-corrected chi connectivity index (χ2v) is 6.31. The second-order valence-electron chi connectivity index (χ2n) is 6.31. The van der Waals surface area contributed by atoms with Gasteiger partial charge in [0.2, 0.25) is 11.8 Å². The predicted molar refractivity (Wildman–Crippen MR) is 94.4 cm³/mol. The molecule has 1 aliphatic carbocycles. The SMILES string of the molecule is Cc1cc(/C(N)=C2/Nc3ccccc3O2)nc(NC2CCCC2)n1. The lowest BCUT2D eigenvalue weighted by atomic mass is 10.2. The first-order chi connectivity index (χ1) is 11.7. The van der Waals surface area contributed by atoms with Gasteiger partial charge >= 0.3 is 0 Å². The maximum atomic E-state index is 6.30. The van der Waals surface area contributed by atoms with E-state index in [1.165, 1.54) is 25.7 Å². The zero-order valence-electron chi connectivity index (χ0n) is 13.7. The number of nitrogens with one attached hydrogen (secondary N) is 2. The third-order valence-corrected chi connectivity index (χ3v) is 4.41. The van der Waals surface area contributed by atoms with Crippen LogP contribution in [0.4, 0.5) is 11.6 Å². The van der Waals surface area contributed by atoms with Crippen LogP contribution < -0.4 is 21.1 Å². The molecule has 6 heteroatoms. The predicted octanol–water partition coefficient (Wildman–Crippen LogP) is 3.23. The Balaban J connectivity index is 1.61. The van der Waals surface area contributed by atoms with Gasteiger partial charge in [0.05, 0.1) is 11.4 Å². The van der Waals surface area contributed by atoms with Gasteiger partial charge in [0.1, 0.15) is 5.70 Å². The molecule has 0 amide bonds. The summed E-state index contributed by atoms with van der Waals surface area (Å²) in [5.41, 5.74) is 9.23. The number of aromatic nitrogens is 2. The number of benzene rings is 1. The quantitative estimate of drug-likeness (QED) is 0.804. The molecule has 24 heavy (non-hydrogen) atoms. The van der Waals surface area contributed by atoms with Crippen molar-refractivity contribution in [2.75, 3.05) is 10.6 Å². The lowest BCUT2D eigenvalue weighted by molar-refractivity contribution is 0.458. The van der Waals surface area contributed by atoms with Gasteiger partial charge in [0, 0.05) is 11.7 Å². The fraction of sp³-hybridized carbons (Fsp3) is 0.333. The molecule has 0 bridgehead atoms. The minimum atomic E-state index is 0.457. The van der Waals surface area contributed by atoms with Crippen molar-refractivity contribution >= 4 is 17.3 Å². The Kier molecular flexibility index (Phi) is 3.72. The summed E-state index contributed by atoms with van der Waals surface area (Å²) in [6, 6.07) is 10.1. The highest BCUT2D eigenvalue weighted by Crippen LogP contribution is 2.34. The normalized spacial score (nSPS) is 18.7. The van der Waals surface area contributed by atoms with Crippen LogP contribution in [0.3, 0.4) is 0 Å². The Hall–Kier alpha value is -2.76. The largest absolute Gasteiger partial charge is 0.437 e. The number of para-hydroxylation sites is 2. The van der Waals surface area contributed by atoms with E-state index in [4.69, 9.17) is 10.5 Å². The van der Waals surface area contributed by atoms with Crippen LogP contribution in [0.25, 0.3) is 5.70 Å². The first kappa shape index (κ1) is 14.8. The average Bonchev–Trinajstić information content (AvgIpc) is 3.22. The van der Waals surface area contributed by atoms with Gasteiger partial charge in [-0.3, -0.25) is 0 Å². The number of nitrogens with zero attached hydrogens (tertiary/aromatic N) is 2. The summed E-state index contributed by atoms with van der Waals surface area (Å²) in [4.78, 5) is 9.06. The van der Waals surface area contributed by atoms with Gasteiger partial charge in [0.15, 0.2) is 5.75 Å². The maximum Gasteiger partial charge on any atom is 0.223 e. The van der Waals surface area contributed by atoms with Crippen molar-refractivity contribution in [2.24, 2.45) is 5.73 Å². The molecular formula is C18H21N5O. The molecule has 1 saturated carbocycles. The number of hydrogen-bond donors (Lipinski definition) is 3. The lowest BCUT2D eigenvalue weighted by Gasteiger charge is -2.14. The molecule has 2 aliphatic rings. The topological polar surface area (TPSA) is 85.1 Å². The molecule has 1 aliphatic heterocycles. The third-order valence-electron chi connectivity index (χ3n) is 4.41. The molecule has 0 unspecified atom stereocenters. The van der Waals surface area contributed by atoms with E-state index < -0.39 is 0 Å². The van der Waals surface area contributed by atoms with Crippen LogP contribution in [-0.2, 0) is 0 Å². The van der Waals surface area contributed by atoms with E-state index in [9.17, 15) is 0 Å². The molecule has 2 aromatic rings. The summed E-state index contributed by atoms with van der Waals surface area (Å²) < 4.78 is 5.80. The molecule has 2 heterocycles. The summed E-state index contributed by atoms with van der Waals surface area (Å²) >= 11 is 0. The number of nitrogens with two attached hydrogens (primary N) is 1. The molecule has 1 fully saturated rings. The van der Waals surface area contributed by atoms with E-state index in [-0.39, 0.29) is 0 Å². The van der Waals surface area contributed by atoms with Gasteiger partial charge in [-0.2, -0.15) is 0 Å². The highest BCUT2D eigenvalue weighted by molar-refractivity contribution is 5.73. The number of ether oxygens (including phenoxy) is 1. The van der Waals surface area contributed by atoms with Crippen molar-refractivity contribution in [1.29, 1.82) is 0 Å². The second kappa shape index (κ2) is 6.03. The smallest absolute Gasteiger partial charge is 0.223 e. The van der Waals surface area contributed by atoms with Crippen LogP contribution in [0, 0.1) is 6.92 Å². The summed E-state index contributed by atoms with van der Waals surface area (Å²) in [6.07, 6.45) is 4.86. The van der Waals surface area contributed by atoms with Crippen LogP contribution >= 0.6 is 0 Å². The number of anilines is 2. The molecule has 6 nitrogen and oxygen atoms in total. The van der Waals surface area contributed by atoms with Crippen molar-refractivity contribution in [1.82, 2.24) is 9.97 Å². The molecule has 1 aromatic heterocycles. The summed E-state index contributed by atoms with van der Waals surface area (Å²) in [7, 11) is 0. The van der Waals surface area contributed by atoms with Crippen LogP contribution in [-0.4, -0.2) is 16.0 Å². The minimum absolute atomic E-state index is 0.457. The van der Waals surface area contributed by atoms with E-state index in [1.807, 2.05) is 37.3 Å². The molecule has 4 N–H and O–H groups in total.